The van der Waals surface area contributed by atoms with Crippen LogP contribution in [-0.4, -0.2) is 45.0 Å². The van der Waals surface area contributed by atoms with Crippen LogP contribution in [0, 0.1) is 6.92 Å². The highest BCUT2D eigenvalue weighted by molar-refractivity contribution is 7.11. The minimum atomic E-state index is -0.299. The van der Waals surface area contributed by atoms with Gasteiger partial charge in [0.15, 0.2) is 5.82 Å². The highest BCUT2D eigenvalue weighted by Gasteiger charge is 2.51. The minimum Gasteiger partial charge on any atom is -0.351 e. The number of amides is 1. The number of anilines is 1. The molecule has 5 heterocycles. The van der Waals surface area contributed by atoms with Crippen molar-refractivity contribution in [2.24, 2.45) is 0 Å². The lowest BCUT2D eigenvalue weighted by Crippen LogP contribution is -2.53. The van der Waals surface area contributed by atoms with Gasteiger partial charge in [0.1, 0.15) is 10.4 Å². The van der Waals surface area contributed by atoms with Crippen LogP contribution in [0.2, 0.25) is 0 Å². The fourth-order valence-corrected chi connectivity index (χ4v) is 5.42. The van der Waals surface area contributed by atoms with Gasteiger partial charge in [-0.25, -0.2) is 9.97 Å². The van der Waals surface area contributed by atoms with Crippen molar-refractivity contribution in [2.75, 3.05) is 24.5 Å². The molecule has 0 aliphatic carbocycles. The molecular weight excluding hydrogens is 382 g/mol. The van der Waals surface area contributed by atoms with Crippen LogP contribution < -0.4 is 4.90 Å². The Hall–Kier alpha value is -2.93. The Labute approximate surface area is 174 Å². The van der Waals surface area contributed by atoms with E-state index in [9.17, 15) is 4.79 Å². The quantitative estimate of drug-likeness (QED) is 0.623. The highest BCUT2D eigenvalue weighted by atomic mass is 32.1. The lowest BCUT2D eigenvalue weighted by Gasteiger charge is -2.47. The van der Waals surface area contributed by atoms with Gasteiger partial charge in [-0.05, 0) is 44.5 Å². The number of nitrogens with zero attached hydrogens (tertiary/aromatic N) is 5. The number of carbonyl (C=O) groups is 1. The summed E-state index contributed by atoms with van der Waals surface area (Å²) in [5.74, 6) is 1.01. The first-order valence-corrected chi connectivity index (χ1v) is 10.6. The van der Waals surface area contributed by atoms with E-state index in [0.29, 0.717) is 13.1 Å². The number of aromatic nitrogens is 3. The van der Waals surface area contributed by atoms with E-state index in [0.717, 1.165) is 40.6 Å². The molecule has 2 aliphatic heterocycles. The van der Waals surface area contributed by atoms with Crippen molar-refractivity contribution in [1.29, 1.82) is 0 Å². The Morgan fingerprint density at radius 2 is 2.17 bits per heavy atom. The van der Waals surface area contributed by atoms with Gasteiger partial charge in [-0.15, -0.1) is 11.3 Å². The Balaban J connectivity index is 1.60. The zero-order valence-electron chi connectivity index (χ0n) is 16.6. The van der Waals surface area contributed by atoms with E-state index < -0.39 is 0 Å². The van der Waals surface area contributed by atoms with Crippen LogP contribution >= 0.6 is 11.3 Å². The first-order valence-electron chi connectivity index (χ1n) is 9.76. The molecule has 3 aromatic rings. The topological polar surface area (TPSA) is 54.3 Å². The minimum absolute atomic E-state index is 0.0761. The second-order valence-corrected chi connectivity index (χ2v) is 8.78. The molecule has 148 valence electrons. The van der Waals surface area contributed by atoms with Crippen molar-refractivity contribution in [3.8, 4) is 5.82 Å². The number of hydrogen-bond acceptors (Lipinski definition) is 5. The molecule has 0 bridgehead atoms. The molecule has 3 aromatic heterocycles. The number of thiazole rings is 1. The summed E-state index contributed by atoms with van der Waals surface area (Å²) in [6.07, 6.45) is 4.76. The molecule has 1 amide bonds. The Bertz CT molecular complexity index is 1120. The number of aryl methyl sites for hydroxylation is 1. The van der Waals surface area contributed by atoms with Gasteiger partial charge in [0.05, 0.1) is 22.6 Å². The second-order valence-electron chi connectivity index (χ2n) is 7.93. The molecule has 1 saturated heterocycles. The normalized spacial score (nSPS) is 20.1. The smallest absolute Gasteiger partial charge is 0.265 e. The van der Waals surface area contributed by atoms with Gasteiger partial charge in [-0.1, -0.05) is 12.2 Å². The standard InChI is InChI=1S/C22H23N5OS/c1-15(2)12-27-17-6-4-9-23-20(17)26-10-5-7-18(26)22(27)8-11-25(13-22)21(28)19-16(3)24-14-29-19/h4-7,9-10,14H,1,8,11-13H2,2-3H3/t22-/m0/s1. The third-order valence-corrected chi connectivity index (χ3v) is 6.85. The summed E-state index contributed by atoms with van der Waals surface area (Å²) in [7, 11) is 0. The van der Waals surface area contributed by atoms with Gasteiger partial charge in [0.25, 0.3) is 5.91 Å². The number of rotatable bonds is 3. The predicted molar refractivity (Wildman–Crippen MR) is 115 cm³/mol. The van der Waals surface area contributed by atoms with Crippen LogP contribution in [0.1, 0.15) is 34.4 Å². The highest BCUT2D eigenvalue weighted by Crippen LogP contribution is 2.47. The van der Waals surface area contributed by atoms with Crippen LogP contribution in [-0.2, 0) is 5.54 Å². The van der Waals surface area contributed by atoms with Gasteiger partial charge >= 0.3 is 0 Å². The van der Waals surface area contributed by atoms with Crippen LogP contribution in [0.25, 0.3) is 5.82 Å². The van der Waals surface area contributed by atoms with E-state index in [1.165, 1.54) is 17.0 Å². The van der Waals surface area contributed by atoms with E-state index in [1.54, 1.807) is 5.51 Å². The van der Waals surface area contributed by atoms with Gasteiger partial charge in [-0.3, -0.25) is 4.79 Å². The van der Waals surface area contributed by atoms with Crippen molar-refractivity contribution in [1.82, 2.24) is 19.4 Å². The van der Waals surface area contributed by atoms with E-state index in [4.69, 9.17) is 0 Å². The fourth-order valence-electron chi connectivity index (χ4n) is 4.65. The monoisotopic (exact) mass is 405 g/mol. The third-order valence-electron chi connectivity index (χ3n) is 5.93. The third kappa shape index (κ3) is 2.64. The fraction of sp³-hybridized carbons (Fsp3) is 0.318. The molecule has 5 rings (SSSR count). The van der Waals surface area contributed by atoms with Crippen LogP contribution in [0.15, 0.2) is 54.3 Å². The number of hydrogen-bond donors (Lipinski definition) is 0. The Morgan fingerprint density at radius 1 is 1.31 bits per heavy atom. The van der Waals surface area contributed by atoms with Crippen molar-refractivity contribution in [3.05, 3.63) is 70.6 Å². The summed E-state index contributed by atoms with van der Waals surface area (Å²) in [5, 5.41) is 0. The van der Waals surface area contributed by atoms with Gasteiger partial charge in [0.2, 0.25) is 0 Å². The van der Waals surface area contributed by atoms with E-state index >= 15 is 0 Å². The summed E-state index contributed by atoms with van der Waals surface area (Å²) in [4.78, 5) is 27.3. The molecule has 0 saturated carbocycles. The lowest BCUT2D eigenvalue weighted by atomic mass is 9.88. The van der Waals surface area contributed by atoms with Crippen LogP contribution in [0.3, 0.4) is 0 Å². The van der Waals surface area contributed by atoms with Gasteiger partial charge in [-0.2, -0.15) is 0 Å². The van der Waals surface area contributed by atoms with Crippen molar-refractivity contribution >= 4 is 22.9 Å². The molecule has 0 unspecified atom stereocenters. The zero-order chi connectivity index (χ0) is 20.2. The number of pyridine rings is 1. The van der Waals surface area contributed by atoms with Crippen molar-refractivity contribution in [3.63, 3.8) is 0 Å². The summed E-state index contributed by atoms with van der Waals surface area (Å²) < 4.78 is 2.18. The molecule has 0 N–H and O–H groups in total. The Morgan fingerprint density at radius 3 is 2.93 bits per heavy atom. The molecule has 2 aliphatic rings. The van der Waals surface area contributed by atoms with Crippen LogP contribution in [0.5, 0.6) is 0 Å². The predicted octanol–water partition coefficient (Wildman–Crippen LogP) is 3.77. The number of carbonyl (C=O) groups excluding carboxylic acids is 1. The molecule has 1 spiro atoms. The van der Waals surface area contributed by atoms with E-state index in [2.05, 4.69) is 57.3 Å². The summed E-state index contributed by atoms with van der Waals surface area (Å²) in [5.41, 5.74) is 5.61. The summed E-state index contributed by atoms with van der Waals surface area (Å²) >= 11 is 1.42. The Kier molecular flexibility index (Phi) is 4.10. The van der Waals surface area contributed by atoms with Crippen molar-refractivity contribution < 1.29 is 4.79 Å². The largest absolute Gasteiger partial charge is 0.351 e. The molecule has 29 heavy (non-hydrogen) atoms. The van der Waals surface area contributed by atoms with Crippen molar-refractivity contribution in [2.45, 2.75) is 25.8 Å². The summed E-state index contributed by atoms with van der Waals surface area (Å²) in [6, 6.07) is 8.32. The molecule has 6 nitrogen and oxygen atoms in total. The average molecular weight is 406 g/mol. The zero-order valence-corrected chi connectivity index (χ0v) is 17.4. The molecule has 1 atom stereocenters. The molecule has 0 aromatic carbocycles. The molecular formula is C22H23N5OS. The molecule has 7 heteroatoms. The molecule has 1 fully saturated rings. The maximum atomic E-state index is 13.2. The number of fused-ring (bicyclic) bond motifs is 4. The average Bonchev–Trinajstić information content (AvgIpc) is 3.44. The van der Waals surface area contributed by atoms with Gasteiger partial charge in [0, 0.05) is 32.0 Å². The molecule has 0 radical (unpaired) electrons. The number of likely N-dealkylation sites (tertiary alicyclic amines) is 1. The lowest BCUT2D eigenvalue weighted by molar-refractivity contribution is 0.0786. The first kappa shape index (κ1) is 18.1. The summed E-state index contributed by atoms with van der Waals surface area (Å²) in [6.45, 7) is 10.2. The van der Waals surface area contributed by atoms with Crippen LogP contribution in [0.4, 0.5) is 5.69 Å². The SMILES string of the molecule is C=C(C)CN1c2cccnc2-n2cccc2[C@@]12CCN(C(=O)c1scnc1C)C2. The maximum Gasteiger partial charge on any atom is 0.265 e. The second kappa shape index (κ2) is 6.56. The van der Waals surface area contributed by atoms with E-state index in [-0.39, 0.29) is 11.4 Å². The maximum absolute atomic E-state index is 13.2. The van der Waals surface area contributed by atoms with E-state index in [1.807, 2.05) is 24.1 Å². The first-order chi connectivity index (χ1) is 14.0. The van der Waals surface area contributed by atoms with Gasteiger partial charge < -0.3 is 14.4 Å².